The maximum Gasteiger partial charge on any atom is 0.350 e. The zero-order valence-corrected chi connectivity index (χ0v) is 20.9. The van der Waals surface area contributed by atoms with Crippen molar-refractivity contribution in [3.63, 3.8) is 0 Å². The van der Waals surface area contributed by atoms with E-state index in [1.807, 2.05) is 0 Å². The Morgan fingerprint density at radius 3 is 2.64 bits per heavy atom. The first-order valence-electron chi connectivity index (χ1n) is 10.7. The van der Waals surface area contributed by atoms with Crippen LogP contribution in [0.25, 0.3) is 5.76 Å². The Bertz CT molecular complexity index is 1400. The fourth-order valence-electron chi connectivity index (χ4n) is 3.81. The van der Waals surface area contributed by atoms with Gasteiger partial charge in [0.15, 0.2) is 5.13 Å². The van der Waals surface area contributed by atoms with Crippen molar-refractivity contribution in [2.75, 3.05) is 18.6 Å². The topological polar surface area (TPSA) is 106 Å². The molecule has 1 N–H and O–H groups in total. The third-order valence-electron chi connectivity index (χ3n) is 5.47. The van der Waals surface area contributed by atoms with Gasteiger partial charge in [-0.2, -0.15) is 0 Å². The molecule has 1 fully saturated rings. The van der Waals surface area contributed by atoms with Crippen molar-refractivity contribution < 1.29 is 29.0 Å². The van der Waals surface area contributed by atoms with E-state index in [9.17, 15) is 19.5 Å². The minimum absolute atomic E-state index is 0.118. The molecule has 2 aromatic carbocycles. The number of aliphatic hydroxyl groups is 1. The van der Waals surface area contributed by atoms with Crippen molar-refractivity contribution in [1.29, 1.82) is 0 Å². The highest BCUT2D eigenvalue weighted by Crippen LogP contribution is 2.44. The van der Waals surface area contributed by atoms with Crippen LogP contribution in [0.5, 0.6) is 5.75 Å². The van der Waals surface area contributed by atoms with Crippen LogP contribution in [0.15, 0.2) is 66.8 Å². The number of ketones is 1. The van der Waals surface area contributed by atoms with Crippen LogP contribution in [0.1, 0.15) is 32.5 Å². The van der Waals surface area contributed by atoms with Crippen molar-refractivity contribution in [2.45, 2.75) is 13.0 Å². The molecular formula is C26H21ClN2O6S. The normalized spacial score (nSPS) is 16.8. The molecule has 36 heavy (non-hydrogen) atoms. The number of methoxy groups -OCH3 is 1. The number of halogens is 1. The Kier molecular flexibility index (Phi) is 7.23. The summed E-state index contributed by atoms with van der Waals surface area (Å²) in [5.41, 5.74) is 1.03. The number of esters is 1. The van der Waals surface area contributed by atoms with E-state index in [-0.39, 0.29) is 27.9 Å². The molecule has 0 aliphatic carbocycles. The van der Waals surface area contributed by atoms with Gasteiger partial charge < -0.3 is 14.6 Å². The Hall–Kier alpha value is -3.95. The van der Waals surface area contributed by atoms with Gasteiger partial charge >= 0.3 is 11.9 Å². The average molecular weight is 525 g/mol. The van der Waals surface area contributed by atoms with Crippen LogP contribution in [0.4, 0.5) is 5.13 Å². The molecule has 0 radical (unpaired) electrons. The maximum absolute atomic E-state index is 13.3. The number of benzene rings is 2. The molecule has 1 saturated heterocycles. The summed E-state index contributed by atoms with van der Waals surface area (Å²) in [6, 6.07) is 12.0. The number of hydrogen-bond donors (Lipinski definition) is 1. The fraction of sp³-hybridized carbons (Fsp3) is 0.154. The quantitative estimate of drug-likeness (QED) is 0.151. The van der Waals surface area contributed by atoms with Crippen LogP contribution in [0.3, 0.4) is 0 Å². The van der Waals surface area contributed by atoms with Crippen LogP contribution >= 0.6 is 22.9 Å². The molecule has 1 aliphatic rings. The van der Waals surface area contributed by atoms with Crippen molar-refractivity contribution in [3.05, 3.63) is 93.5 Å². The Balaban J connectivity index is 1.92. The Labute approximate surface area is 216 Å². The third kappa shape index (κ3) is 4.62. The van der Waals surface area contributed by atoms with Crippen LogP contribution < -0.4 is 9.64 Å². The van der Waals surface area contributed by atoms with Gasteiger partial charge in [-0.05, 0) is 48.9 Å². The van der Waals surface area contributed by atoms with Crippen molar-refractivity contribution in [1.82, 2.24) is 4.98 Å². The predicted octanol–water partition coefficient (Wildman–Crippen LogP) is 5.08. The van der Waals surface area contributed by atoms with E-state index in [1.54, 1.807) is 61.5 Å². The molecule has 1 aliphatic heterocycles. The van der Waals surface area contributed by atoms with E-state index in [4.69, 9.17) is 21.1 Å². The fourth-order valence-corrected chi connectivity index (χ4v) is 4.94. The summed E-state index contributed by atoms with van der Waals surface area (Å²) in [5.74, 6) is -2.27. The predicted molar refractivity (Wildman–Crippen MR) is 137 cm³/mol. The standard InChI is InChI=1S/C26H21ClN2O6S/c1-4-12-35-18-7-5-6-16(13-18)20-19(21(30)15-8-10-17(27)11-9-15)22(31)24(32)29(20)26-28-14(2)23(36-26)25(33)34-3/h4-11,13,20,30H,1,12H2,2-3H3/b21-19+. The minimum Gasteiger partial charge on any atom is -0.507 e. The van der Waals surface area contributed by atoms with Gasteiger partial charge in [0.05, 0.1) is 24.4 Å². The lowest BCUT2D eigenvalue weighted by atomic mass is 9.95. The molecule has 4 rings (SSSR count). The molecule has 184 valence electrons. The molecule has 3 aromatic rings. The number of aliphatic hydroxyl groups excluding tert-OH is 1. The van der Waals surface area contributed by atoms with Crippen LogP contribution in [-0.2, 0) is 14.3 Å². The molecule has 1 unspecified atom stereocenters. The number of amides is 1. The number of carbonyl (C=O) groups is 3. The number of thiazole rings is 1. The van der Waals surface area contributed by atoms with Crippen molar-refractivity contribution >= 4 is 51.5 Å². The number of Topliss-reactive ketones (excluding diaryl/α,β-unsaturated/α-hetero) is 1. The van der Waals surface area contributed by atoms with E-state index in [0.29, 0.717) is 27.6 Å². The molecule has 0 spiro atoms. The van der Waals surface area contributed by atoms with Gasteiger partial charge in [0.25, 0.3) is 5.78 Å². The van der Waals surface area contributed by atoms with Crippen LogP contribution in [0.2, 0.25) is 5.02 Å². The largest absolute Gasteiger partial charge is 0.507 e. The molecule has 1 atom stereocenters. The highest BCUT2D eigenvalue weighted by molar-refractivity contribution is 7.17. The zero-order chi connectivity index (χ0) is 26.0. The number of anilines is 1. The summed E-state index contributed by atoms with van der Waals surface area (Å²) < 4.78 is 10.4. The van der Waals surface area contributed by atoms with Gasteiger partial charge in [-0.15, -0.1) is 0 Å². The summed E-state index contributed by atoms with van der Waals surface area (Å²) in [6.07, 6.45) is 1.59. The first-order chi connectivity index (χ1) is 17.3. The van der Waals surface area contributed by atoms with Gasteiger partial charge in [-0.1, -0.05) is 47.7 Å². The SMILES string of the molecule is C=CCOc1cccc(C2/C(=C(\O)c3ccc(Cl)cc3)C(=O)C(=O)N2c2nc(C)c(C(=O)OC)s2)c1. The molecule has 0 bridgehead atoms. The summed E-state index contributed by atoms with van der Waals surface area (Å²) in [5, 5.41) is 11.8. The summed E-state index contributed by atoms with van der Waals surface area (Å²) >= 11 is 6.90. The summed E-state index contributed by atoms with van der Waals surface area (Å²) in [7, 11) is 1.24. The lowest BCUT2D eigenvalue weighted by Gasteiger charge is -2.23. The van der Waals surface area contributed by atoms with Gasteiger partial charge in [0.2, 0.25) is 0 Å². The van der Waals surface area contributed by atoms with E-state index < -0.39 is 23.7 Å². The second-order valence-corrected chi connectivity index (χ2v) is 9.16. The van der Waals surface area contributed by atoms with Gasteiger partial charge in [-0.3, -0.25) is 14.5 Å². The monoisotopic (exact) mass is 524 g/mol. The Morgan fingerprint density at radius 2 is 1.97 bits per heavy atom. The summed E-state index contributed by atoms with van der Waals surface area (Å²) in [4.78, 5) is 44.6. The number of aryl methyl sites for hydroxylation is 1. The van der Waals surface area contributed by atoms with E-state index in [1.165, 1.54) is 12.0 Å². The molecule has 8 nitrogen and oxygen atoms in total. The lowest BCUT2D eigenvalue weighted by Crippen LogP contribution is -2.29. The second kappa shape index (κ2) is 10.3. The van der Waals surface area contributed by atoms with Crippen molar-refractivity contribution in [2.24, 2.45) is 0 Å². The maximum atomic E-state index is 13.3. The van der Waals surface area contributed by atoms with Crippen LogP contribution in [0, 0.1) is 6.92 Å². The van der Waals surface area contributed by atoms with E-state index in [2.05, 4.69) is 11.6 Å². The van der Waals surface area contributed by atoms with E-state index in [0.717, 1.165) is 11.3 Å². The minimum atomic E-state index is -1.04. The van der Waals surface area contributed by atoms with E-state index >= 15 is 0 Å². The van der Waals surface area contributed by atoms with Gasteiger partial charge in [0.1, 0.15) is 23.0 Å². The first kappa shape index (κ1) is 25.2. The highest BCUT2D eigenvalue weighted by Gasteiger charge is 2.48. The first-order valence-corrected chi connectivity index (χ1v) is 11.9. The number of aromatic nitrogens is 1. The Morgan fingerprint density at radius 1 is 1.25 bits per heavy atom. The van der Waals surface area contributed by atoms with Crippen LogP contribution in [-0.4, -0.2) is 41.5 Å². The number of nitrogens with zero attached hydrogens (tertiary/aromatic N) is 2. The van der Waals surface area contributed by atoms with Crippen molar-refractivity contribution in [3.8, 4) is 5.75 Å². The number of carbonyl (C=O) groups excluding carboxylic acids is 3. The number of hydrogen-bond acceptors (Lipinski definition) is 8. The second-order valence-electron chi connectivity index (χ2n) is 7.75. The number of ether oxygens (including phenoxy) is 2. The number of rotatable bonds is 7. The van der Waals surface area contributed by atoms with Gasteiger partial charge in [-0.25, -0.2) is 9.78 Å². The average Bonchev–Trinajstić information content (AvgIpc) is 3.39. The molecule has 10 heteroatoms. The molecule has 1 aromatic heterocycles. The molecule has 2 heterocycles. The third-order valence-corrected chi connectivity index (χ3v) is 6.85. The zero-order valence-electron chi connectivity index (χ0n) is 19.4. The molecule has 0 saturated carbocycles. The summed E-state index contributed by atoms with van der Waals surface area (Å²) in [6.45, 7) is 5.50. The molecule has 1 amide bonds. The van der Waals surface area contributed by atoms with Gasteiger partial charge in [0, 0.05) is 10.6 Å². The smallest absolute Gasteiger partial charge is 0.350 e. The lowest BCUT2D eigenvalue weighted by molar-refractivity contribution is -0.132. The molecular weight excluding hydrogens is 504 g/mol. The highest BCUT2D eigenvalue weighted by atomic mass is 35.5.